The number of nitrogens with zero attached hydrogens (tertiary/aromatic N) is 3. The lowest BCUT2D eigenvalue weighted by molar-refractivity contribution is 0.0920. The SMILES string of the molecule is CN1CCN(Cc2ccco2)CC(NC(=O)c2n[nH]c3ccccc23)C1. The fourth-order valence-electron chi connectivity index (χ4n) is 3.49. The topological polar surface area (TPSA) is 77.4 Å². The smallest absolute Gasteiger partial charge is 0.272 e. The number of rotatable bonds is 4. The van der Waals surface area contributed by atoms with Crippen molar-refractivity contribution in [1.29, 1.82) is 0 Å². The van der Waals surface area contributed by atoms with Crippen LogP contribution in [-0.2, 0) is 6.54 Å². The lowest BCUT2D eigenvalue weighted by Gasteiger charge is -2.23. The van der Waals surface area contributed by atoms with Crippen LogP contribution in [0.3, 0.4) is 0 Å². The van der Waals surface area contributed by atoms with Crippen molar-refractivity contribution < 1.29 is 9.21 Å². The van der Waals surface area contributed by atoms with Crippen molar-refractivity contribution in [2.24, 2.45) is 0 Å². The predicted octanol–water partition coefficient (Wildman–Crippen LogP) is 1.70. The van der Waals surface area contributed by atoms with Gasteiger partial charge in [-0.15, -0.1) is 0 Å². The molecule has 1 atom stereocenters. The Bertz CT molecular complexity index is 873. The van der Waals surface area contributed by atoms with Gasteiger partial charge in [0.05, 0.1) is 24.4 Å². The molecule has 26 heavy (non-hydrogen) atoms. The molecule has 0 spiro atoms. The molecule has 2 N–H and O–H groups in total. The Morgan fingerprint density at radius 1 is 1.27 bits per heavy atom. The van der Waals surface area contributed by atoms with Crippen LogP contribution in [-0.4, -0.2) is 65.2 Å². The molecule has 2 aromatic heterocycles. The fourth-order valence-corrected chi connectivity index (χ4v) is 3.49. The molecule has 7 nitrogen and oxygen atoms in total. The van der Waals surface area contributed by atoms with Gasteiger partial charge in [0.2, 0.25) is 0 Å². The first kappa shape index (κ1) is 16.8. The number of hydrogen-bond donors (Lipinski definition) is 2. The summed E-state index contributed by atoms with van der Waals surface area (Å²) >= 11 is 0. The molecule has 3 heterocycles. The summed E-state index contributed by atoms with van der Waals surface area (Å²) < 4.78 is 5.47. The summed E-state index contributed by atoms with van der Waals surface area (Å²) in [6.07, 6.45) is 1.70. The molecule has 3 aromatic rings. The number of likely N-dealkylation sites (N-methyl/N-ethyl adjacent to an activating group) is 1. The van der Waals surface area contributed by atoms with E-state index in [0.717, 1.165) is 49.4 Å². The van der Waals surface area contributed by atoms with Crippen LogP contribution in [0.4, 0.5) is 0 Å². The second-order valence-electron chi connectivity index (χ2n) is 6.86. The van der Waals surface area contributed by atoms with E-state index in [1.54, 1.807) is 6.26 Å². The van der Waals surface area contributed by atoms with Crippen molar-refractivity contribution in [3.8, 4) is 0 Å². The molecule has 1 saturated heterocycles. The van der Waals surface area contributed by atoms with Crippen LogP contribution < -0.4 is 5.32 Å². The van der Waals surface area contributed by atoms with E-state index in [1.807, 2.05) is 36.4 Å². The second kappa shape index (κ2) is 7.31. The Morgan fingerprint density at radius 2 is 2.15 bits per heavy atom. The van der Waals surface area contributed by atoms with E-state index in [9.17, 15) is 4.79 Å². The van der Waals surface area contributed by atoms with E-state index in [1.165, 1.54) is 0 Å². The molecule has 1 aromatic carbocycles. The van der Waals surface area contributed by atoms with E-state index < -0.39 is 0 Å². The Morgan fingerprint density at radius 3 is 3.00 bits per heavy atom. The van der Waals surface area contributed by atoms with Crippen molar-refractivity contribution in [1.82, 2.24) is 25.3 Å². The van der Waals surface area contributed by atoms with Crippen molar-refractivity contribution in [3.63, 3.8) is 0 Å². The van der Waals surface area contributed by atoms with Gasteiger partial charge in [0.15, 0.2) is 5.69 Å². The van der Waals surface area contributed by atoms with Gasteiger partial charge in [-0.25, -0.2) is 0 Å². The third kappa shape index (κ3) is 3.63. The number of carbonyl (C=O) groups is 1. The Kier molecular flexibility index (Phi) is 4.73. The van der Waals surface area contributed by atoms with Crippen molar-refractivity contribution in [2.45, 2.75) is 12.6 Å². The van der Waals surface area contributed by atoms with Crippen LogP contribution >= 0.6 is 0 Å². The summed E-state index contributed by atoms with van der Waals surface area (Å²) in [6, 6.07) is 11.6. The first-order chi connectivity index (χ1) is 12.7. The zero-order valence-corrected chi connectivity index (χ0v) is 14.8. The predicted molar refractivity (Wildman–Crippen MR) is 98.8 cm³/mol. The van der Waals surface area contributed by atoms with Gasteiger partial charge in [-0.1, -0.05) is 18.2 Å². The number of furan rings is 1. The maximum absolute atomic E-state index is 12.8. The van der Waals surface area contributed by atoms with Crippen LogP contribution in [0.1, 0.15) is 16.2 Å². The molecule has 1 unspecified atom stereocenters. The van der Waals surface area contributed by atoms with Crippen LogP contribution in [0.25, 0.3) is 10.9 Å². The number of fused-ring (bicyclic) bond motifs is 1. The molecule has 1 aliphatic heterocycles. The molecule has 0 saturated carbocycles. The molecule has 0 bridgehead atoms. The molecular formula is C19H23N5O2. The highest BCUT2D eigenvalue weighted by Gasteiger charge is 2.24. The van der Waals surface area contributed by atoms with Gasteiger partial charge < -0.3 is 14.6 Å². The molecule has 1 fully saturated rings. The summed E-state index contributed by atoms with van der Waals surface area (Å²) in [5.74, 6) is 0.804. The number of nitrogens with one attached hydrogen (secondary N) is 2. The average Bonchev–Trinajstić information content (AvgIpc) is 3.25. The highest BCUT2D eigenvalue weighted by Crippen LogP contribution is 2.15. The van der Waals surface area contributed by atoms with Gasteiger partial charge >= 0.3 is 0 Å². The maximum atomic E-state index is 12.8. The van der Waals surface area contributed by atoms with E-state index in [0.29, 0.717) is 5.69 Å². The highest BCUT2D eigenvalue weighted by molar-refractivity contribution is 6.04. The summed E-state index contributed by atoms with van der Waals surface area (Å²) in [7, 11) is 2.08. The normalized spacial score (nSPS) is 19.5. The minimum Gasteiger partial charge on any atom is -0.468 e. The first-order valence-electron chi connectivity index (χ1n) is 8.86. The maximum Gasteiger partial charge on any atom is 0.272 e. The molecule has 1 amide bonds. The summed E-state index contributed by atoms with van der Waals surface area (Å²) in [5.41, 5.74) is 1.32. The van der Waals surface area contributed by atoms with Gasteiger partial charge in [-0.2, -0.15) is 5.10 Å². The van der Waals surface area contributed by atoms with E-state index in [2.05, 4.69) is 32.4 Å². The van der Waals surface area contributed by atoms with Crippen LogP contribution in [0.2, 0.25) is 0 Å². The molecule has 136 valence electrons. The molecular weight excluding hydrogens is 330 g/mol. The molecule has 0 aliphatic carbocycles. The zero-order chi connectivity index (χ0) is 17.9. The third-order valence-corrected chi connectivity index (χ3v) is 4.79. The van der Waals surface area contributed by atoms with E-state index in [-0.39, 0.29) is 11.9 Å². The third-order valence-electron chi connectivity index (χ3n) is 4.79. The number of amides is 1. The van der Waals surface area contributed by atoms with Crippen molar-refractivity contribution in [2.75, 3.05) is 33.2 Å². The Hall–Kier alpha value is -2.64. The Labute approximate surface area is 152 Å². The lowest BCUT2D eigenvalue weighted by Crippen LogP contribution is -2.46. The highest BCUT2D eigenvalue weighted by atomic mass is 16.3. The minimum atomic E-state index is -0.138. The first-order valence-corrected chi connectivity index (χ1v) is 8.86. The largest absolute Gasteiger partial charge is 0.468 e. The standard InChI is InChI=1S/C19H23N5O2/c1-23-8-9-24(13-15-5-4-10-26-15)12-14(11-23)20-19(25)18-16-6-2-3-7-17(16)21-22-18/h2-7,10,14H,8-9,11-13H2,1H3,(H,20,25)(H,21,22). The number of hydrogen-bond acceptors (Lipinski definition) is 5. The summed E-state index contributed by atoms with van der Waals surface area (Å²) in [5, 5.41) is 11.1. The zero-order valence-electron chi connectivity index (χ0n) is 14.8. The number of aromatic amines is 1. The fraction of sp³-hybridized carbons (Fsp3) is 0.368. The molecule has 7 heteroatoms. The monoisotopic (exact) mass is 353 g/mol. The number of carbonyl (C=O) groups excluding carboxylic acids is 1. The van der Waals surface area contributed by atoms with Crippen LogP contribution in [0, 0.1) is 0 Å². The summed E-state index contributed by atoms with van der Waals surface area (Å²) in [6.45, 7) is 4.23. The van der Waals surface area contributed by atoms with E-state index >= 15 is 0 Å². The second-order valence-corrected chi connectivity index (χ2v) is 6.86. The molecule has 1 aliphatic rings. The van der Waals surface area contributed by atoms with Gasteiger partial charge in [-0.05, 0) is 25.2 Å². The quantitative estimate of drug-likeness (QED) is 0.747. The molecule has 4 rings (SSSR count). The number of para-hydroxylation sites is 1. The summed E-state index contributed by atoms with van der Waals surface area (Å²) in [4.78, 5) is 17.3. The number of aromatic nitrogens is 2. The lowest BCUT2D eigenvalue weighted by atomic mass is 10.2. The van der Waals surface area contributed by atoms with Crippen molar-refractivity contribution in [3.05, 3.63) is 54.1 Å². The number of benzene rings is 1. The van der Waals surface area contributed by atoms with Gasteiger partial charge in [0.25, 0.3) is 5.91 Å². The average molecular weight is 353 g/mol. The Balaban J connectivity index is 1.47. The number of H-pyrrole nitrogens is 1. The van der Waals surface area contributed by atoms with Crippen molar-refractivity contribution >= 4 is 16.8 Å². The van der Waals surface area contributed by atoms with E-state index in [4.69, 9.17) is 4.42 Å². The minimum absolute atomic E-state index is 0.0282. The van der Waals surface area contributed by atoms with Gasteiger partial charge in [0.1, 0.15) is 5.76 Å². The molecule has 0 radical (unpaired) electrons. The van der Waals surface area contributed by atoms with Gasteiger partial charge in [-0.3, -0.25) is 14.8 Å². The van der Waals surface area contributed by atoms with Gasteiger partial charge in [0, 0.05) is 31.6 Å². The van der Waals surface area contributed by atoms with Crippen LogP contribution in [0.5, 0.6) is 0 Å². The van der Waals surface area contributed by atoms with Crippen LogP contribution in [0.15, 0.2) is 47.1 Å².